The van der Waals surface area contributed by atoms with Crippen LogP contribution in [0.4, 0.5) is 13.2 Å². The number of furan rings is 1. The Hall–Kier alpha value is -0.970. The first-order chi connectivity index (χ1) is 7.09. The summed E-state index contributed by atoms with van der Waals surface area (Å²) in [7, 11) is 0. The average Bonchev–Trinajstić information content (AvgIpc) is 2.69. The lowest BCUT2D eigenvalue weighted by Crippen LogP contribution is -2.41. The van der Waals surface area contributed by atoms with E-state index in [0.717, 1.165) is 0 Å². The highest BCUT2D eigenvalue weighted by Gasteiger charge is 2.46. The first kappa shape index (κ1) is 10.5. The standard InChI is InChI=1S/C10H12F3NO/c11-10(12,13)7-3-1-5-14-9(7)8-4-2-6-15-8/h2,4,6-7,9,14H,1,3,5H2. The number of nitrogens with one attached hydrogen (secondary N) is 1. The van der Waals surface area contributed by atoms with E-state index in [1.807, 2.05) is 0 Å². The van der Waals surface area contributed by atoms with Crippen LogP contribution in [0, 0.1) is 5.92 Å². The predicted molar refractivity (Wildman–Crippen MR) is 48.2 cm³/mol. The van der Waals surface area contributed by atoms with Crippen LogP contribution in [-0.2, 0) is 0 Å². The summed E-state index contributed by atoms with van der Waals surface area (Å²) in [5, 5.41) is 2.86. The summed E-state index contributed by atoms with van der Waals surface area (Å²) in [6.45, 7) is 0.609. The van der Waals surface area contributed by atoms with Gasteiger partial charge in [-0.25, -0.2) is 0 Å². The van der Waals surface area contributed by atoms with Crippen LogP contribution in [0.5, 0.6) is 0 Å². The molecule has 1 aromatic heterocycles. The van der Waals surface area contributed by atoms with Crippen LogP contribution in [0.15, 0.2) is 22.8 Å². The van der Waals surface area contributed by atoms with Crippen molar-refractivity contribution in [1.82, 2.24) is 5.32 Å². The molecule has 0 aliphatic carbocycles. The molecule has 84 valence electrons. The molecule has 1 fully saturated rings. The van der Waals surface area contributed by atoms with Crippen molar-refractivity contribution >= 4 is 0 Å². The molecule has 2 nitrogen and oxygen atoms in total. The summed E-state index contributed by atoms with van der Waals surface area (Å²) in [6, 6.07) is 2.47. The molecule has 2 unspecified atom stereocenters. The van der Waals surface area contributed by atoms with Crippen LogP contribution < -0.4 is 5.32 Å². The Morgan fingerprint density at radius 3 is 2.80 bits per heavy atom. The second kappa shape index (κ2) is 3.89. The fourth-order valence-electron chi connectivity index (χ4n) is 2.01. The van der Waals surface area contributed by atoms with Gasteiger partial charge in [-0.3, -0.25) is 0 Å². The average molecular weight is 219 g/mol. The third-order valence-electron chi connectivity index (χ3n) is 2.73. The molecule has 2 atom stereocenters. The second-order valence-corrected chi connectivity index (χ2v) is 3.74. The first-order valence-electron chi connectivity index (χ1n) is 4.92. The van der Waals surface area contributed by atoms with E-state index >= 15 is 0 Å². The Labute approximate surface area is 85.5 Å². The summed E-state index contributed by atoms with van der Waals surface area (Å²) in [5.74, 6) is -0.963. The highest BCUT2D eigenvalue weighted by Crippen LogP contribution is 2.41. The molecule has 1 aliphatic heterocycles. The van der Waals surface area contributed by atoms with Crippen molar-refractivity contribution in [2.75, 3.05) is 6.54 Å². The van der Waals surface area contributed by atoms with Gasteiger partial charge in [0.2, 0.25) is 0 Å². The predicted octanol–water partition coefficient (Wildman–Crippen LogP) is 2.88. The van der Waals surface area contributed by atoms with Gasteiger partial charge in [-0.1, -0.05) is 0 Å². The van der Waals surface area contributed by atoms with Crippen molar-refractivity contribution in [3.63, 3.8) is 0 Å². The lowest BCUT2D eigenvalue weighted by molar-refractivity contribution is -0.190. The topological polar surface area (TPSA) is 25.2 Å². The van der Waals surface area contributed by atoms with E-state index in [1.54, 1.807) is 12.1 Å². The van der Waals surface area contributed by atoms with Gasteiger partial charge in [0.05, 0.1) is 18.2 Å². The zero-order valence-corrected chi connectivity index (χ0v) is 8.05. The van der Waals surface area contributed by atoms with Crippen molar-refractivity contribution < 1.29 is 17.6 Å². The van der Waals surface area contributed by atoms with Gasteiger partial charge in [0.15, 0.2) is 0 Å². The van der Waals surface area contributed by atoms with Gasteiger partial charge in [-0.2, -0.15) is 13.2 Å². The van der Waals surface area contributed by atoms with Crippen LogP contribution in [-0.4, -0.2) is 12.7 Å². The molecule has 1 N–H and O–H groups in total. The quantitative estimate of drug-likeness (QED) is 0.785. The Bertz CT molecular complexity index is 307. The van der Waals surface area contributed by atoms with Gasteiger partial charge in [-0.05, 0) is 31.5 Å². The summed E-state index contributed by atoms with van der Waals surface area (Å²) in [4.78, 5) is 0. The van der Waals surface area contributed by atoms with Gasteiger partial charge in [0.1, 0.15) is 5.76 Å². The lowest BCUT2D eigenvalue weighted by atomic mass is 9.89. The molecular weight excluding hydrogens is 207 g/mol. The van der Waals surface area contributed by atoms with Gasteiger partial charge in [-0.15, -0.1) is 0 Å². The minimum Gasteiger partial charge on any atom is -0.468 e. The highest BCUT2D eigenvalue weighted by atomic mass is 19.4. The monoisotopic (exact) mass is 219 g/mol. The Morgan fingerprint density at radius 1 is 1.40 bits per heavy atom. The fraction of sp³-hybridized carbons (Fsp3) is 0.600. The summed E-state index contributed by atoms with van der Waals surface area (Å²) in [6.07, 6.45) is -2.03. The van der Waals surface area contributed by atoms with E-state index in [9.17, 15) is 13.2 Å². The highest BCUT2D eigenvalue weighted by molar-refractivity contribution is 5.08. The number of alkyl halides is 3. The van der Waals surface area contributed by atoms with Crippen LogP contribution in [0.1, 0.15) is 24.6 Å². The minimum absolute atomic E-state index is 0.169. The maximum absolute atomic E-state index is 12.7. The molecule has 15 heavy (non-hydrogen) atoms. The first-order valence-corrected chi connectivity index (χ1v) is 4.92. The summed E-state index contributed by atoms with van der Waals surface area (Å²) in [5.41, 5.74) is 0. The fourth-order valence-corrected chi connectivity index (χ4v) is 2.01. The second-order valence-electron chi connectivity index (χ2n) is 3.74. The van der Waals surface area contributed by atoms with E-state index in [2.05, 4.69) is 5.32 Å². The van der Waals surface area contributed by atoms with Gasteiger partial charge < -0.3 is 9.73 Å². The van der Waals surface area contributed by atoms with E-state index in [0.29, 0.717) is 18.7 Å². The Morgan fingerprint density at radius 2 is 2.20 bits per heavy atom. The number of piperidine rings is 1. The molecule has 0 amide bonds. The maximum atomic E-state index is 12.7. The van der Waals surface area contributed by atoms with Crippen molar-refractivity contribution in [2.45, 2.75) is 25.1 Å². The molecule has 2 rings (SSSR count). The van der Waals surface area contributed by atoms with Crippen molar-refractivity contribution in [2.24, 2.45) is 5.92 Å². The smallest absolute Gasteiger partial charge is 0.393 e. The van der Waals surface area contributed by atoms with E-state index in [4.69, 9.17) is 4.42 Å². The summed E-state index contributed by atoms with van der Waals surface area (Å²) < 4.78 is 43.1. The molecule has 5 heteroatoms. The van der Waals surface area contributed by atoms with Crippen LogP contribution >= 0.6 is 0 Å². The Balaban J connectivity index is 2.20. The van der Waals surface area contributed by atoms with Gasteiger partial charge >= 0.3 is 6.18 Å². The van der Waals surface area contributed by atoms with E-state index in [1.165, 1.54) is 6.26 Å². The number of hydrogen-bond acceptors (Lipinski definition) is 2. The van der Waals surface area contributed by atoms with Gasteiger partial charge in [0, 0.05) is 0 Å². The van der Waals surface area contributed by atoms with Crippen molar-refractivity contribution in [3.8, 4) is 0 Å². The SMILES string of the molecule is FC(F)(F)C1CCCNC1c1ccco1. The number of halogens is 3. The zero-order chi connectivity index (χ0) is 10.9. The summed E-state index contributed by atoms with van der Waals surface area (Å²) >= 11 is 0. The largest absolute Gasteiger partial charge is 0.468 e. The third kappa shape index (κ3) is 2.17. The lowest BCUT2D eigenvalue weighted by Gasteiger charge is -2.32. The van der Waals surface area contributed by atoms with Crippen LogP contribution in [0.2, 0.25) is 0 Å². The molecule has 1 aromatic rings. The van der Waals surface area contributed by atoms with Gasteiger partial charge in [0.25, 0.3) is 0 Å². The number of hydrogen-bond donors (Lipinski definition) is 1. The molecule has 1 aliphatic rings. The number of rotatable bonds is 1. The van der Waals surface area contributed by atoms with Crippen molar-refractivity contribution in [1.29, 1.82) is 0 Å². The molecule has 0 bridgehead atoms. The molecule has 0 aromatic carbocycles. The minimum atomic E-state index is -4.16. The van der Waals surface area contributed by atoms with Crippen LogP contribution in [0.25, 0.3) is 0 Å². The maximum Gasteiger partial charge on any atom is 0.393 e. The van der Waals surface area contributed by atoms with E-state index in [-0.39, 0.29) is 6.42 Å². The molecular formula is C10H12F3NO. The Kier molecular flexibility index (Phi) is 2.73. The van der Waals surface area contributed by atoms with E-state index < -0.39 is 18.1 Å². The molecule has 0 saturated carbocycles. The van der Waals surface area contributed by atoms with Crippen LogP contribution in [0.3, 0.4) is 0 Å². The molecule has 2 heterocycles. The molecule has 1 saturated heterocycles. The zero-order valence-electron chi connectivity index (χ0n) is 8.05. The molecule has 0 radical (unpaired) electrons. The molecule has 0 spiro atoms. The van der Waals surface area contributed by atoms with Crippen molar-refractivity contribution in [3.05, 3.63) is 24.2 Å². The third-order valence-corrected chi connectivity index (χ3v) is 2.73. The normalized spacial score (nSPS) is 27.9.